The lowest BCUT2D eigenvalue weighted by molar-refractivity contribution is -0.144. The largest absolute Gasteiger partial charge is 0.453 e. The van der Waals surface area contributed by atoms with Crippen LogP contribution in [0.1, 0.15) is 5.82 Å². The lowest BCUT2D eigenvalue weighted by Gasteiger charge is -2.04. The van der Waals surface area contributed by atoms with Crippen LogP contribution in [0.15, 0.2) is 41.7 Å². The number of rotatable bonds is 3. The molecule has 130 valence electrons. The molecule has 0 atom stereocenters. The monoisotopic (exact) mass is 372 g/mol. The van der Waals surface area contributed by atoms with Gasteiger partial charge in [-0.25, -0.2) is 4.98 Å². The lowest BCUT2D eigenvalue weighted by Crippen LogP contribution is -2.10. The number of alkyl halides is 3. The molecule has 9 nitrogen and oxygen atoms in total. The third-order valence-electron chi connectivity index (χ3n) is 2.89. The van der Waals surface area contributed by atoms with Crippen LogP contribution >= 0.6 is 0 Å². The second-order valence-electron chi connectivity index (χ2n) is 4.62. The first kappa shape index (κ1) is 16.9. The highest BCUT2D eigenvalue weighted by atomic mass is 32.2. The van der Waals surface area contributed by atoms with Crippen molar-refractivity contribution in [1.29, 1.82) is 0 Å². The highest BCUT2D eigenvalue weighted by Gasteiger charge is 2.37. The van der Waals surface area contributed by atoms with Crippen molar-refractivity contribution >= 4 is 10.1 Å². The SMILES string of the molecule is O=S(=O)(O)c1ccc(-n2nc(C(F)(F)F)nc2-c2cccnc2)nn1. The summed E-state index contributed by atoms with van der Waals surface area (Å²) in [6.45, 7) is 0. The molecule has 0 saturated heterocycles. The Morgan fingerprint density at radius 2 is 1.88 bits per heavy atom. The summed E-state index contributed by atoms with van der Waals surface area (Å²) in [5.74, 6) is -1.85. The molecule has 0 bridgehead atoms. The molecule has 3 aromatic heterocycles. The number of halogens is 3. The van der Waals surface area contributed by atoms with Crippen LogP contribution in [0.4, 0.5) is 13.2 Å². The van der Waals surface area contributed by atoms with Gasteiger partial charge < -0.3 is 0 Å². The van der Waals surface area contributed by atoms with Crippen molar-refractivity contribution in [3.05, 3.63) is 42.5 Å². The van der Waals surface area contributed by atoms with E-state index in [-0.39, 0.29) is 17.2 Å². The molecule has 3 heterocycles. The van der Waals surface area contributed by atoms with Gasteiger partial charge in [0.15, 0.2) is 11.6 Å². The molecular formula is C12H7F3N6O3S. The third-order valence-corrected chi connectivity index (χ3v) is 3.63. The quantitative estimate of drug-likeness (QED) is 0.684. The van der Waals surface area contributed by atoms with E-state index < -0.39 is 27.1 Å². The number of pyridine rings is 1. The highest BCUT2D eigenvalue weighted by molar-refractivity contribution is 7.85. The van der Waals surface area contributed by atoms with Gasteiger partial charge in [-0.2, -0.15) is 26.3 Å². The zero-order valence-electron chi connectivity index (χ0n) is 12.0. The molecular weight excluding hydrogens is 365 g/mol. The maximum Gasteiger partial charge on any atom is 0.453 e. The normalized spacial score (nSPS) is 12.3. The Balaban J connectivity index is 2.16. The van der Waals surface area contributed by atoms with Crippen LogP contribution in [0.25, 0.3) is 17.2 Å². The van der Waals surface area contributed by atoms with Crippen LogP contribution in [-0.4, -0.2) is 42.9 Å². The summed E-state index contributed by atoms with van der Waals surface area (Å²) in [6.07, 6.45) is -2.10. The van der Waals surface area contributed by atoms with E-state index in [1.165, 1.54) is 24.5 Å². The summed E-state index contributed by atoms with van der Waals surface area (Å²) in [5, 5.41) is 9.34. The topological polar surface area (TPSA) is 124 Å². The second-order valence-corrected chi connectivity index (χ2v) is 5.98. The zero-order chi connectivity index (χ0) is 18.2. The van der Waals surface area contributed by atoms with Crippen molar-refractivity contribution in [2.75, 3.05) is 0 Å². The van der Waals surface area contributed by atoms with E-state index in [0.29, 0.717) is 0 Å². The van der Waals surface area contributed by atoms with Crippen molar-refractivity contribution in [2.24, 2.45) is 0 Å². The van der Waals surface area contributed by atoms with Gasteiger partial charge in [-0.05, 0) is 24.3 Å². The second kappa shape index (κ2) is 5.86. The lowest BCUT2D eigenvalue weighted by atomic mass is 10.3. The standard InChI is InChI=1S/C12H7F3N6O3S/c13-12(14,15)11-17-10(7-2-1-5-16-6-7)21(20-11)8-3-4-9(19-18-8)25(22,23)24/h1-6H,(H,22,23,24). The first-order chi connectivity index (χ1) is 11.7. The Bertz CT molecular complexity index is 1000. The highest BCUT2D eigenvalue weighted by Crippen LogP contribution is 2.29. The van der Waals surface area contributed by atoms with Crippen LogP contribution in [0.5, 0.6) is 0 Å². The smallest absolute Gasteiger partial charge is 0.281 e. The van der Waals surface area contributed by atoms with E-state index in [4.69, 9.17) is 4.55 Å². The minimum absolute atomic E-state index is 0.214. The van der Waals surface area contributed by atoms with Crippen LogP contribution < -0.4 is 0 Å². The van der Waals surface area contributed by atoms with Crippen molar-refractivity contribution in [1.82, 2.24) is 29.9 Å². The summed E-state index contributed by atoms with van der Waals surface area (Å²) in [4.78, 5) is 7.25. The number of hydrogen-bond acceptors (Lipinski definition) is 7. The Kier molecular flexibility index (Phi) is 3.96. The van der Waals surface area contributed by atoms with E-state index in [0.717, 1.165) is 16.8 Å². The van der Waals surface area contributed by atoms with E-state index in [2.05, 4.69) is 25.3 Å². The number of aromatic nitrogens is 6. The molecule has 3 aromatic rings. The predicted molar refractivity (Wildman–Crippen MR) is 75.0 cm³/mol. The summed E-state index contributed by atoms with van der Waals surface area (Å²) < 4.78 is 70.3. The van der Waals surface area contributed by atoms with E-state index in [9.17, 15) is 21.6 Å². The van der Waals surface area contributed by atoms with Crippen LogP contribution in [-0.2, 0) is 16.3 Å². The Hall–Kier alpha value is -2.93. The molecule has 25 heavy (non-hydrogen) atoms. The van der Waals surface area contributed by atoms with Crippen molar-refractivity contribution in [3.8, 4) is 17.2 Å². The molecule has 0 saturated carbocycles. The van der Waals surface area contributed by atoms with Crippen molar-refractivity contribution in [2.45, 2.75) is 11.2 Å². The molecule has 0 spiro atoms. The van der Waals surface area contributed by atoms with Crippen molar-refractivity contribution < 1.29 is 26.1 Å². The van der Waals surface area contributed by atoms with Gasteiger partial charge >= 0.3 is 16.3 Å². The zero-order valence-corrected chi connectivity index (χ0v) is 12.8. The molecule has 0 aromatic carbocycles. The molecule has 0 aliphatic rings. The van der Waals surface area contributed by atoms with E-state index in [1.54, 1.807) is 0 Å². The van der Waals surface area contributed by atoms with Gasteiger partial charge in [0.2, 0.25) is 5.03 Å². The maximum atomic E-state index is 12.9. The number of hydrogen-bond donors (Lipinski definition) is 1. The van der Waals surface area contributed by atoms with Crippen LogP contribution in [0.3, 0.4) is 0 Å². The summed E-state index contributed by atoms with van der Waals surface area (Å²) >= 11 is 0. The minimum atomic E-state index is -4.80. The summed E-state index contributed by atoms with van der Waals surface area (Å²) in [6, 6.07) is 4.87. The van der Waals surface area contributed by atoms with Gasteiger partial charge in [0.05, 0.1) is 0 Å². The van der Waals surface area contributed by atoms with Gasteiger partial charge in [0.25, 0.3) is 5.82 Å². The van der Waals surface area contributed by atoms with E-state index in [1.807, 2.05) is 0 Å². The molecule has 0 unspecified atom stereocenters. The predicted octanol–water partition coefficient (Wildman–Crippen LogP) is 1.38. The summed E-state index contributed by atoms with van der Waals surface area (Å²) in [7, 11) is -4.59. The Labute approximate surface area is 137 Å². The third kappa shape index (κ3) is 3.46. The molecule has 0 amide bonds. The Morgan fingerprint density at radius 1 is 1.12 bits per heavy atom. The van der Waals surface area contributed by atoms with Gasteiger partial charge in [0, 0.05) is 18.0 Å². The van der Waals surface area contributed by atoms with E-state index >= 15 is 0 Å². The Morgan fingerprint density at radius 3 is 2.40 bits per heavy atom. The van der Waals surface area contributed by atoms with Gasteiger partial charge in [-0.3, -0.25) is 9.54 Å². The maximum absolute atomic E-state index is 12.9. The van der Waals surface area contributed by atoms with Crippen molar-refractivity contribution in [3.63, 3.8) is 0 Å². The first-order valence-electron chi connectivity index (χ1n) is 6.42. The fourth-order valence-corrected chi connectivity index (χ4v) is 2.22. The summed E-state index contributed by atoms with van der Waals surface area (Å²) in [5.41, 5.74) is 0.228. The van der Waals surface area contributed by atoms with Gasteiger partial charge in [-0.15, -0.1) is 15.3 Å². The molecule has 0 aliphatic carbocycles. The average molecular weight is 372 g/mol. The number of nitrogens with zero attached hydrogens (tertiary/aromatic N) is 6. The fourth-order valence-electron chi connectivity index (χ4n) is 1.84. The van der Waals surface area contributed by atoms with Gasteiger partial charge in [-0.1, -0.05) is 0 Å². The average Bonchev–Trinajstić information content (AvgIpc) is 3.00. The molecule has 1 N–H and O–H groups in total. The molecule has 0 aliphatic heterocycles. The van der Waals surface area contributed by atoms with Crippen LogP contribution in [0.2, 0.25) is 0 Å². The fraction of sp³-hybridized carbons (Fsp3) is 0.0833. The minimum Gasteiger partial charge on any atom is -0.281 e. The molecule has 3 rings (SSSR count). The molecule has 0 radical (unpaired) electrons. The molecule has 13 heteroatoms. The molecule has 0 fully saturated rings. The first-order valence-corrected chi connectivity index (χ1v) is 7.86. The van der Waals surface area contributed by atoms with Crippen LogP contribution in [0, 0.1) is 0 Å². The van der Waals surface area contributed by atoms with Gasteiger partial charge in [0.1, 0.15) is 0 Å².